The topological polar surface area (TPSA) is 74.3 Å². The molecule has 1 amide bonds. The van der Waals surface area contributed by atoms with Gasteiger partial charge in [-0.1, -0.05) is 55.7 Å². The molecule has 2 saturated carbocycles. The summed E-state index contributed by atoms with van der Waals surface area (Å²) < 4.78 is 21.9. The smallest absolute Gasteiger partial charge is 0.457 e. The summed E-state index contributed by atoms with van der Waals surface area (Å²) in [5.41, 5.74) is 3.68. The highest BCUT2D eigenvalue weighted by Crippen LogP contribution is 2.56. The number of hydrogen-bond donors (Lipinski definition) is 0. The number of ether oxygens (including phenoxy) is 4. The Morgan fingerprint density at radius 1 is 0.921 bits per heavy atom. The lowest BCUT2D eigenvalue weighted by Gasteiger charge is -2.58. The van der Waals surface area contributed by atoms with Gasteiger partial charge in [-0.2, -0.15) is 0 Å². The number of hydrogen-bond acceptors (Lipinski definition) is 6. The molecule has 4 aliphatic rings. The van der Waals surface area contributed by atoms with Gasteiger partial charge in [0, 0.05) is 18.0 Å². The summed E-state index contributed by atoms with van der Waals surface area (Å²) in [6, 6.07) is 16.2. The summed E-state index contributed by atoms with van der Waals surface area (Å²) in [7, 11) is 0. The molecule has 6 rings (SSSR count). The Bertz CT molecular complexity index is 1150. The van der Waals surface area contributed by atoms with Crippen molar-refractivity contribution in [3.05, 3.63) is 65.2 Å². The van der Waals surface area contributed by atoms with E-state index in [1.54, 1.807) is 0 Å². The largest absolute Gasteiger partial charge is 0.511 e. The number of piperidine rings is 1. The average molecular weight is 520 g/mol. The number of nitrogens with zero attached hydrogens (tertiary/aromatic N) is 1. The third-order valence-electron chi connectivity index (χ3n) is 9.31. The Labute approximate surface area is 224 Å². The lowest BCUT2D eigenvalue weighted by molar-refractivity contribution is -0.0150. The number of carbonyl (C=O) groups is 2. The minimum absolute atomic E-state index is 0.0502. The molecular formula is C31H37NO6. The van der Waals surface area contributed by atoms with Crippen LogP contribution in [0.4, 0.5) is 9.59 Å². The second-order valence-corrected chi connectivity index (χ2v) is 11.3. The first-order valence-corrected chi connectivity index (χ1v) is 14.2. The van der Waals surface area contributed by atoms with E-state index in [2.05, 4.69) is 12.1 Å². The van der Waals surface area contributed by atoms with Crippen molar-refractivity contribution in [2.75, 3.05) is 19.9 Å². The van der Waals surface area contributed by atoms with Crippen LogP contribution in [-0.4, -0.2) is 43.1 Å². The molecule has 0 spiro atoms. The molecule has 1 heterocycles. The van der Waals surface area contributed by atoms with Crippen molar-refractivity contribution in [1.82, 2.24) is 4.90 Å². The number of carbonyl (C=O) groups excluding carboxylic acids is 2. The predicted octanol–water partition coefficient (Wildman–Crippen LogP) is 6.37. The van der Waals surface area contributed by atoms with E-state index in [0.29, 0.717) is 37.3 Å². The Morgan fingerprint density at radius 3 is 2.61 bits per heavy atom. The van der Waals surface area contributed by atoms with Crippen molar-refractivity contribution in [3.8, 4) is 5.75 Å². The third-order valence-corrected chi connectivity index (χ3v) is 9.31. The minimum Gasteiger partial charge on any atom is -0.457 e. The Balaban J connectivity index is 1.12. The van der Waals surface area contributed by atoms with Crippen molar-refractivity contribution < 1.29 is 28.5 Å². The second-order valence-electron chi connectivity index (χ2n) is 11.3. The maximum Gasteiger partial charge on any atom is 0.511 e. The van der Waals surface area contributed by atoms with E-state index >= 15 is 0 Å². The minimum atomic E-state index is -0.671. The molecule has 3 atom stereocenters. The van der Waals surface area contributed by atoms with Crippen molar-refractivity contribution >= 4 is 12.2 Å². The first-order chi connectivity index (χ1) is 18.6. The Kier molecular flexibility index (Phi) is 7.18. The molecule has 0 aromatic heterocycles. The first kappa shape index (κ1) is 25.1. The summed E-state index contributed by atoms with van der Waals surface area (Å²) in [4.78, 5) is 27.1. The molecule has 0 radical (unpaired) electrons. The van der Waals surface area contributed by atoms with Gasteiger partial charge in [0.05, 0.1) is 6.61 Å². The van der Waals surface area contributed by atoms with Crippen LogP contribution in [0.2, 0.25) is 0 Å². The average Bonchev–Trinajstić information content (AvgIpc) is 2.92. The standard InChI is InChI=1S/C31H37NO6/c33-29(35-19-22-7-2-1-3-8-22)32-16-15-31-14-5-4-11-26(31)28(32)17-24-12-13-25(18-27(24)31)37-21-38-30(34)36-20-23-9-6-10-23/h1-3,7-8,12-13,18,23,26,28H,4-6,9-11,14-17,19-21H2/t26-,28+,31+/m0/s1. The summed E-state index contributed by atoms with van der Waals surface area (Å²) in [6.07, 6.45) is 8.96. The molecule has 1 saturated heterocycles. The fraction of sp³-hybridized carbons (Fsp3) is 0.548. The van der Waals surface area contributed by atoms with Crippen molar-refractivity contribution in [2.45, 2.75) is 75.9 Å². The van der Waals surface area contributed by atoms with Gasteiger partial charge in [-0.25, -0.2) is 9.59 Å². The quantitative estimate of drug-likeness (QED) is 0.313. The highest BCUT2D eigenvalue weighted by atomic mass is 16.8. The molecule has 38 heavy (non-hydrogen) atoms. The fourth-order valence-electron chi connectivity index (χ4n) is 7.14. The number of benzene rings is 2. The molecule has 2 aromatic rings. The lowest BCUT2D eigenvalue weighted by atomic mass is 9.52. The van der Waals surface area contributed by atoms with Crippen LogP contribution in [0.25, 0.3) is 0 Å². The molecule has 3 aliphatic carbocycles. The van der Waals surface area contributed by atoms with E-state index in [4.69, 9.17) is 18.9 Å². The molecule has 3 fully saturated rings. The third kappa shape index (κ3) is 4.95. The molecular weight excluding hydrogens is 482 g/mol. The van der Waals surface area contributed by atoms with E-state index in [1.165, 1.54) is 30.4 Å². The Morgan fingerprint density at radius 2 is 1.79 bits per heavy atom. The van der Waals surface area contributed by atoms with Crippen molar-refractivity contribution in [1.29, 1.82) is 0 Å². The van der Waals surface area contributed by atoms with Gasteiger partial charge < -0.3 is 23.8 Å². The highest BCUT2D eigenvalue weighted by molar-refractivity contribution is 5.69. The normalized spacial score (nSPS) is 25.8. The highest BCUT2D eigenvalue weighted by Gasteiger charge is 2.55. The predicted molar refractivity (Wildman–Crippen MR) is 141 cm³/mol. The molecule has 0 unspecified atom stereocenters. The van der Waals surface area contributed by atoms with Crippen LogP contribution in [0, 0.1) is 11.8 Å². The van der Waals surface area contributed by atoms with Gasteiger partial charge in [-0.3, -0.25) is 0 Å². The van der Waals surface area contributed by atoms with Gasteiger partial charge in [0.1, 0.15) is 12.4 Å². The summed E-state index contributed by atoms with van der Waals surface area (Å²) in [6.45, 7) is 1.27. The number of likely N-dealkylation sites (tertiary alicyclic amines) is 1. The molecule has 2 aromatic carbocycles. The zero-order chi connectivity index (χ0) is 26.0. The van der Waals surface area contributed by atoms with E-state index in [1.807, 2.05) is 41.3 Å². The van der Waals surface area contributed by atoms with Crippen LogP contribution in [0.1, 0.15) is 68.1 Å². The SMILES string of the molecule is O=C(OCOc1ccc2c(c1)[C@@]13CCCC[C@H]1[C@@H](C2)N(C(=O)OCc1ccccc1)CC3)OCC1CCC1. The van der Waals surface area contributed by atoms with Crippen LogP contribution in [0.3, 0.4) is 0 Å². The number of fused-ring (bicyclic) bond motifs is 1. The van der Waals surface area contributed by atoms with E-state index < -0.39 is 6.16 Å². The summed E-state index contributed by atoms with van der Waals surface area (Å²) >= 11 is 0. The van der Waals surface area contributed by atoms with Crippen LogP contribution in [-0.2, 0) is 32.7 Å². The number of rotatable bonds is 7. The van der Waals surface area contributed by atoms with Crippen molar-refractivity contribution in [3.63, 3.8) is 0 Å². The lowest BCUT2D eigenvalue weighted by Crippen LogP contribution is -2.62. The second kappa shape index (κ2) is 10.9. The zero-order valence-electron chi connectivity index (χ0n) is 21.9. The zero-order valence-corrected chi connectivity index (χ0v) is 21.9. The maximum absolute atomic E-state index is 13.2. The van der Waals surface area contributed by atoms with Gasteiger partial charge in [-0.15, -0.1) is 0 Å². The molecule has 1 aliphatic heterocycles. The molecule has 0 N–H and O–H groups in total. The van der Waals surface area contributed by atoms with Crippen LogP contribution < -0.4 is 4.74 Å². The van der Waals surface area contributed by atoms with E-state index in [9.17, 15) is 9.59 Å². The number of amides is 1. The van der Waals surface area contributed by atoms with Crippen LogP contribution in [0.15, 0.2) is 48.5 Å². The Hall–Kier alpha value is -3.22. The molecule has 2 bridgehead atoms. The van der Waals surface area contributed by atoms with Gasteiger partial charge in [0.25, 0.3) is 0 Å². The monoisotopic (exact) mass is 519 g/mol. The molecule has 7 nitrogen and oxygen atoms in total. The summed E-state index contributed by atoms with van der Waals surface area (Å²) in [5, 5.41) is 0. The summed E-state index contributed by atoms with van der Waals surface area (Å²) in [5.74, 6) is 1.60. The van der Waals surface area contributed by atoms with Crippen molar-refractivity contribution in [2.24, 2.45) is 11.8 Å². The van der Waals surface area contributed by atoms with Crippen LogP contribution >= 0.6 is 0 Å². The van der Waals surface area contributed by atoms with Gasteiger partial charge >= 0.3 is 12.2 Å². The fourth-order valence-corrected chi connectivity index (χ4v) is 7.14. The van der Waals surface area contributed by atoms with E-state index in [0.717, 1.165) is 44.1 Å². The van der Waals surface area contributed by atoms with E-state index in [-0.39, 0.29) is 24.3 Å². The van der Waals surface area contributed by atoms with Gasteiger partial charge in [0.2, 0.25) is 6.79 Å². The molecule has 202 valence electrons. The van der Waals surface area contributed by atoms with Gasteiger partial charge in [-0.05, 0) is 79.2 Å². The molecule has 7 heteroatoms. The first-order valence-electron chi connectivity index (χ1n) is 14.2. The maximum atomic E-state index is 13.2. The van der Waals surface area contributed by atoms with Crippen LogP contribution in [0.5, 0.6) is 5.75 Å². The van der Waals surface area contributed by atoms with Gasteiger partial charge in [0.15, 0.2) is 0 Å².